The fraction of sp³-hybridized carbons (Fsp3) is 0.238. The van der Waals surface area contributed by atoms with E-state index in [-0.39, 0.29) is 29.7 Å². The minimum absolute atomic E-state index is 0.154. The van der Waals surface area contributed by atoms with Crippen molar-refractivity contribution in [3.05, 3.63) is 205 Å². The van der Waals surface area contributed by atoms with Crippen molar-refractivity contribution >= 4 is 33.9 Å². The van der Waals surface area contributed by atoms with E-state index < -0.39 is 0 Å². The van der Waals surface area contributed by atoms with Crippen molar-refractivity contribution in [3.8, 4) is 45.3 Å². The van der Waals surface area contributed by atoms with Gasteiger partial charge in [-0.3, -0.25) is 0 Å². The summed E-state index contributed by atoms with van der Waals surface area (Å²) in [5.74, 6) is 1.68. The molecule has 0 saturated heterocycles. The van der Waals surface area contributed by atoms with Gasteiger partial charge in [-0.2, -0.15) is 0 Å². The van der Waals surface area contributed by atoms with Crippen LogP contribution in [0.3, 0.4) is 0 Å². The van der Waals surface area contributed by atoms with Crippen LogP contribution in [0.1, 0.15) is 81.3 Å². The number of para-hydroxylation sites is 2. The zero-order valence-electron chi connectivity index (χ0n) is 41.7. The molecule has 0 spiro atoms. The largest absolute Gasteiger partial charge is 0.505 e. The lowest BCUT2D eigenvalue weighted by Gasteiger charge is -2.37. The SMILES string of the molecule is C=CCN(c1ccccc1C(=C)/C=C\C)c1cc(C)cc(-c2cc(CC)ccc2OC(C)C[C@@H](C)Oc2ccc(CC)cc2-c2cc(C)cc(N3c4ccccc4C(/C=C\C)=CC3C=C)c2O)c1O. The van der Waals surface area contributed by atoms with Gasteiger partial charge in [-0.1, -0.05) is 105 Å². The van der Waals surface area contributed by atoms with Crippen LogP contribution in [0.5, 0.6) is 23.0 Å². The monoisotopic (exact) mass is 917 g/mol. The second kappa shape index (κ2) is 22.1. The van der Waals surface area contributed by atoms with E-state index in [1.54, 1.807) is 0 Å². The van der Waals surface area contributed by atoms with Gasteiger partial charge in [0, 0.05) is 57.7 Å². The molecular weight excluding hydrogens is 849 g/mol. The second-order valence-corrected chi connectivity index (χ2v) is 18.0. The maximum Gasteiger partial charge on any atom is 0.147 e. The van der Waals surface area contributed by atoms with Crippen molar-refractivity contribution in [3.63, 3.8) is 0 Å². The molecule has 7 rings (SSSR count). The topological polar surface area (TPSA) is 65.4 Å². The molecule has 0 bridgehead atoms. The van der Waals surface area contributed by atoms with E-state index in [1.165, 1.54) is 0 Å². The number of fused-ring (bicyclic) bond motifs is 1. The lowest BCUT2D eigenvalue weighted by molar-refractivity contribution is 0.131. The van der Waals surface area contributed by atoms with E-state index in [4.69, 9.17) is 9.47 Å². The van der Waals surface area contributed by atoms with Crippen LogP contribution in [0.2, 0.25) is 0 Å². The van der Waals surface area contributed by atoms with Gasteiger partial charge in [0.25, 0.3) is 0 Å². The van der Waals surface area contributed by atoms with Crippen molar-refractivity contribution < 1.29 is 19.7 Å². The summed E-state index contributed by atoms with van der Waals surface area (Å²) in [6.45, 7) is 29.6. The van der Waals surface area contributed by atoms with Crippen LogP contribution in [0.4, 0.5) is 22.7 Å². The van der Waals surface area contributed by atoms with Gasteiger partial charge in [0.1, 0.15) is 23.0 Å². The maximum absolute atomic E-state index is 12.4. The van der Waals surface area contributed by atoms with Crippen LogP contribution in [-0.2, 0) is 12.8 Å². The first-order valence-corrected chi connectivity index (χ1v) is 24.3. The summed E-state index contributed by atoms with van der Waals surface area (Å²) in [7, 11) is 0. The van der Waals surface area contributed by atoms with Gasteiger partial charge in [-0.25, -0.2) is 0 Å². The third kappa shape index (κ3) is 10.7. The van der Waals surface area contributed by atoms with Crippen molar-refractivity contribution in [2.75, 3.05) is 16.3 Å². The number of ether oxygens (including phenoxy) is 2. The molecular formula is C63H68N2O4. The Morgan fingerprint density at radius 2 is 1.28 bits per heavy atom. The zero-order valence-corrected chi connectivity index (χ0v) is 41.7. The minimum Gasteiger partial charge on any atom is -0.505 e. The summed E-state index contributed by atoms with van der Waals surface area (Å²) in [5.41, 5.74) is 14.6. The van der Waals surface area contributed by atoms with Gasteiger partial charge < -0.3 is 29.5 Å². The lowest BCUT2D eigenvalue weighted by atomic mass is 9.92. The average molecular weight is 917 g/mol. The minimum atomic E-state index is -0.271. The number of aromatic hydroxyl groups is 2. The standard InChI is InChI=1S/C63H68N2O4/c1-12-22-43(9)50-24-18-20-26-56(50)64(32-14-3)58-35-41(7)33-54(62(58)66)52-38-46(15-4)28-30-60(52)68-44(10)37-45(11)69-61-31-29-47(16-5)39-53(61)55-34-42(8)36-59(63(55)67)65-49(17-6)40-48(23-13-2)51-25-19-21-27-57(51)65/h12-14,17-31,33-36,38-40,44-45,49,66-67H,3,6,9,15-16,32,37H2,1-2,4-5,7-8,10-11H3/b22-12-,23-13-/t44?,45-,49?/m1/s1. The molecule has 0 fully saturated rings. The summed E-state index contributed by atoms with van der Waals surface area (Å²) in [6, 6.07) is 36.9. The number of allylic oxidation sites excluding steroid dienone is 6. The van der Waals surface area contributed by atoms with E-state index >= 15 is 0 Å². The third-order valence-electron chi connectivity index (χ3n) is 12.8. The number of hydrogen-bond donors (Lipinski definition) is 2. The molecule has 2 N–H and O–H groups in total. The molecule has 6 nitrogen and oxygen atoms in total. The van der Waals surface area contributed by atoms with Crippen molar-refractivity contribution in [1.29, 1.82) is 0 Å². The molecule has 3 atom stereocenters. The van der Waals surface area contributed by atoms with Gasteiger partial charge in [-0.05, 0) is 155 Å². The van der Waals surface area contributed by atoms with Gasteiger partial charge in [0.05, 0.1) is 29.6 Å². The summed E-state index contributed by atoms with van der Waals surface area (Å²) >= 11 is 0. The highest BCUT2D eigenvalue weighted by Gasteiger charge is 2.30. The lowest BCUT2D eigenvalue weighted by Crippen LogP contribution is -2.31. The smallest absolute Gasteiger partial charge is 0.147 e. The normalized spacial score (nSPS) is 14.3. The number of nitrogens with zero attached hydrogens (tertiary/aromatic N) is 2. The summed E-state index contributed by atoms with van der Waals surface area (Å²) < 4.78 is 13.7. The number of phenolic OH excluding ortho intramolecular Hbond substituents is 2. The molecule has 0 aliphatic carbocycles. The number of anilines is 4. The zero-order chi connectivity index (χ0) is 49.4. The van der Waals surface area contributed by atoms with Gasteiger partial charge in [-0.15, -0.1) is 13.2 Å². The number of aryl methyl sites for hydroxylation is 4. The Hall–Kier alpha value is -7.44. The molecule has 0 radical (unpaired) electrons. The Balaban J connectivity index is 1.20. The fourth-order valence-corrected chi connectivity index (χ4v) is 9.49. The average Bonchev–Trinajstić information content (AvgIpc) is 3.34. The van der Waals surface area contributed by atoms with Crippen LogP contribution in [0.15, 0.2) is 171 Å². The Morgan fingerprint density at radius 1 is 0.681 bits per heavy atom. The molecule has 2 unspecified atom stereocenters. The second-order valence-electron chi connectivity index (χ2n) is 18.0. The predicted molar refractivity (Wildman–Crippen MR) is 293 cm³/mol. The van der Waals surface area contributed by atoms with Crippen molar-refractivity contribution in [2.24, 2.45) is 0 Å². The summed E-state index contributed by atoms with van der Waals surface area (Å²) in [6.07, 6.45) is 15.8. The van der Waals surface area contributed by atoms with Gasteiger partial charge in [0.2, 0.25) is 0 Å². The number of rotatable bonds is 19. The summed E-state index contributed by atoms with van der Waals surface area (Å²) in [4.78, 5) is 4.27. The Morgan fingerprint density at radius 3 is 1.87 bits per heavy atom. The number of benzene rings is 6. The Kier molecular flexibility index (Phi) is 15.9. The molecule has 6 aromatic carbocycles. The Labute approximate surface area is 411 Å². The van der Waals surface area contributed by atoms with E-state index in [0.29, 0.717) is 47.0 Å². The molecule has 354 valence electrons. The van der Waals surface area contributed by atoms with Crippen molar-refractivity contribution in [2.45, 2.75) is 92.9 Å². The van der Waals surface area contributed by atoms with Crippen LogP contribution >= 0.6 is 0 Å². The van der Waals surface area contributed by atoms with E-state index in [9.17, 15) is 10.2 Å². The maximum atomic E-state index is 12.4. The molecule has 69 heavy (non-hydrogen) atoms. The van der Waals surface area contributed by atoms with Gasteiger partial charge >= 0.3 is 0 Å². The summed E-state index contributed by atoms with van der Waals surface area (Å²) in [5, 5.41) is 24.8. The number of phenols is 2. The van der Waals surface area contributed by atoms with Crippen LogP contribution in [0.25, 0.3) is 33.4 Å². The van der Waals surface area contributed by atoms with Gasteiger partial charge in [0.15, 0.2) is 0 Å². The van der Waals surface area contributed by atoms with Crippen LogP contribution in [-0.4, -0.2) is 35.0 Å². The molecule has 1 heterocycles. The highest BCUT2D eigenvalue weighted by atomic mass is 16.5. The van der Waals surface area contributed by atoms with E-state index in [0.717, 1.165) is 79.9 Å². The highest BCUT2D eigenvalue weighted by Crippen LogP contribution is 2.50. The van der Waals surface area contributed by atoms with Crippen LogP contribution in [0, 0.1) is 13.8 Å². The predicted octanol–water partition coefficient (Wildman–Crippen LogP) is 16.4. The molecule has 1 aliphatic heterocycles. The molecule has 0 amide bonds. The first kappa shape index (κ1) is 49.5. The van der Waals surface area contributed by atoms with Crippen molar-refractivity contribution in [1.82, 2.24) is 0 Å². The quantitative estimate of drug-likeness (QED) is 0.0623. The van der Waals surface area contributed by atoms with Crippen LogP contribution < -0.4 is 19.3 Å². The first-order chi connectivity index (χ1) is 33.3. The van der Waals surface area contributed by atoms with E-state index in [2.05, 4.69) is 138 Å². The molecule has 1 aliphatic rings. The highest BCUT2D eigenvalue weighted by molar-refractivity contribution is 5.93. The fourth-order valence-electron chi connectivity index (χ4n) is 9.49. The van der Waals surface area contributed by atoms with E-state index in [1.807, 2.05) is 98.8 Å². The third-order valence-corrected chi connectivity index (χ3v) is 12.8. The Bertz CT molecular complexity index is 2950. The molecule has 6 aromatic rings. The molecule has 0 aromatic heterocycles. The molecule has 0 saturated carbocycles. The molecule has 6 heteroatoms. The first-order valence-electron chi connectivity index (χ1n) is 24.3. The number of hydrogen-bond acceptors (Lipinski definition) is 6.